The molecule has 3 atom stereocenters. The third kappa shape index (κ3) is 2.95. The molecule has 0 heterocycles. The van der Waals surface area contributed by atoms with Crippen molar-refractivity contribution in [1.82, 2.24) is 0 Å². The van der Waals surface area contributed by atoms with Crippen molar-refractivity contribution in [1.29, 1.82) is 0 Å². The molecule has 0 aliphatic heterocycles. The molecular weight excluding hydrogens is 294 g/mol. The van der Waals surface area contributed by atoms with Gasteiger partial charge in [0.15, 0.2) is 0 Å². The van der Waals surface area contributed by atoms with Gasteiger partial charge in [0.1, 0.15) is 0 Å². The van der Waals surface area contributed by atoms with E-state index in [0.717, 1.165) is 24.9 Å². The topological polar surface area (TPSA) is 32.3 Å². The molecular formula is C22H27NO. The summed E-state index contributed by atoms with van der Waals surface area (Å²) in [4.78, 5) is 0. The highest BCUT2D eigenvalue weighted by Crippen LogP contribution is 2.45. The fourth-order valence-electron chi connectivity index (χ4n) is 4.74. The first-order valence-electron chi connectivity index (χ1n) is 9.40. The van der Waals surface area contributed by atoms with Gasteiger partial charge in [0.05, 0.1) is 11.6 Å². The Morgan fingerprint density at radius 3 is 2.50 bits per heavy atom. The Morgan fingerprint density at radius 1 is 0.833 bits per heavy atom. The Morgan fingerprint density at radius 2 is 1.62 bits per heavy atom. The average molecular weight is 321 g/mol. The van der Waals surface area contributed by atoms with Crippen LogP contribution in [0.1, 0.15) is 44.9 Å². The first kappa shape index (κ1) is 15.7. The van der Waals surface area contributed by atoms with Gasteiger partial charge in [-0.25, -0.2) is 0 Å². The number of hydrogen-bond donors (Lipinski definition) is 2. The molecule has 2 fully saturated rings. The van der Waals surface area contributed by atoms with Crippen LogP contribution in [-0.2, 0) is 0 Å². The molecule has 0 bridgehead atoms. The van der Waals surface area contributed by atoms with Gasteiger partial charge in [0.2, 0.25) is 0 Å². The second-order valence-corrected chi connectivity index (χ2v) is 7.51. The van der Waals surface area contributed by atoms with Gasteiger partial charge in [-0.15, -0.1) is 0 Å². The molecule has 24 heavy (non-hydrogen) atoms. The van der Waals surface area contributed by atoms with Crippen LogP contribution >= 0.6 is 0 Å². The zero-order chi connectivity index (χ0) is 16.4. The number of nitrogens with one attached hydrogen (secondary N) is 1. The van der Waals surface area contributed by atoms with Crippen LogP contribution in [0.5, 0.6) is 0 Å². The van der Waals surface area contributed by atoms with Crippen LogP contribution in [0.3, 0.4) is 0 Å². The van der Waals surface area contributed by atoms with E-state index < -0.39 is 5.60 Å². The van der Waals surface area contributed by atoms with E-state index in [1.807, 2.05) is 6.07 Å². The van der Waals surface area contributed by atoms with Crippen molar-refractivity contribution >= 4 is 5.69 Å². The molecule has 0 saturated heterocycles. The van der Waals surface area contributed by atoms with Crippen LogP contribution in [0.4, 0.5) is 5.69 Å². The third-order valence-electron chi connectivity index (χ3n) is 6.05. The van der Waals surface area contributed by atoms with Gasteiger partial charge in [0, 0.05) is 5.69 Å². The number of hydrogen-bond acceptors (Lipinski definition) is 2. The van der Waals surface area contributed by atoms with E-state index in [9.17, 15) is 5.11 Å². The summed E-state index contributed by atoms with van der Waals surface area (Å²) in [6.07, 6.45) is 8.08. The van der Waals surface area contributed by atoms with E-state index >= 15 is 0 Å². The van der Waals surface area contributed by atoms with Crippen molar-refractivity contribution in [2.45, 2.75) is 56.6 Å². The van der Waals surface area contributed by atoms with E-state index in [4.69, 9.17) is 0 Å². The molecule has 4 rings (SSSR count). The Balaban J connectivity index is 1.56. The first-order chi connectivity index (χ1) is 11.8. The predicted octanol–water partition coefficient (Wildman–Crippen LogP) is 5.24. The second kappa shape index (κ2) is 6.60. The van der Waals surface area contributed by atoms with Crippen molar-refractivity contribution in [3.8, 4) is 11.1 Å². The first-order valence-corrected chi connectivity index (χ1v) is 9.40. The summed E-state index contributed by atoms with van der Waals surface area (Å²) < 4.78 is 0. The van der Waals surface area contributed by atoms with Crippen LogP contribution in [-0.4, -0.2) is 16.7 Å². The average Bonchev–Trinajstić information content (AvgIpc) is 2.63. The maximum atomic E-state index is 11.3. The Bertz CT molecular complexity index is 681. The highest BCUT2D eigenvalue weighted by molar-refractivity contribution is 5.68. The molecule has 1 unspecified atom stereocenters. The van der Waals surface area contributed by atoms with E-state index in [0.29, 0.717) is 5.92 Å². The zero-order valence-corrected chi connectivity index (χ0v) is 14.2. The number of benzene rings is 2. The number of aliphatic hydroxyl groups is 1. The lowest BCUT2D eigenvalue weighted by molar-refractivity contribution is -0.0835. The molecule has 2 nitrogen and oxygen atoms in total. The zero-order valence-electron chi connectivity index (χ0n) is 14.2. The molecule has 0 aromatic heterocycles. The Kier molecular flexibility index (Phi) is 4.32. The molecule has 2 heteroatoms. The summed E-state index contributed by atoms with van der Waals surface area (Å²) in [5.41, 5.74) is 3.07. The smallest absolute Gasteiger partial charge is 0.0875 e. The van der Waals surface area contributed by atoms with Gasteiger partial charge in [0.25, 0.3) is 0 Å². The van der Waals surface area contributed by atoms with Crippen molar-refractivity contribution in [2.24, 2.45) is 5.92 Å². The summed E-state index contributed by atoms with van der Waals surface area (Å²) in [6.45, 7) is 0. The molecule has 126 valence electrons. The Labute approximate surface area is 144 Å². The molecule has 2 saturated carbocycles. The van der Waals surface area contributed by atoms with Crippen LogP contribution in [0.2, 0.25) is 0 Å². The molecule has 2 aromatic rings. The minimum absolute atomic E-state index is 0.183. The minimum Gasteiger partial charge on any atom is -0.387 e. The highest BCUT2D eigenvalue weighted by atomic mass is 16.3. The second-order valence-electron chi connectivity index (χ2n) is 7.51. The lowest BCUT2D eigenvalue weighted by Gasteiger charge is -2.49. The molecule has 2 aromatic carbocycles. The van der Waals surface area contributed by atoms with Gasteiger partial charge >= 0.3 is 0 Å². The van der Waals surface area contributed by atoms with E-state index in [1.54, 1.807) is 0 Å². The van der Waals surface area contributed by atoms with E-state index in [2.05, 4.69) is 53.8 Å². The molecule has 2 N–H and O–H groups in total. The van der Waals surface area contributed by atoms with Gasteiger partial charge in [-0.1, -0.05) is 61.7 Å². The van der Waals surface area contributed by atoms with Crippen LogP contribution in [0, 0.1) is 5.92 Å². The maximum absolute atomic E-state index is 11.3. The summed E-state index contributed by atoms with van der Waals surface area (Å²) in [5.74, 6) is 0.481. The third-order valence-corrected chi connectivity index (χ3v) is 6.05. The minimum atomic E-state index is -0.515. The summed E-state index contributed by atoms with van der Waals surface area (Å²) in [6, 6.07) is 19.3. The molecule has 2 aliphatic carbocycles. The lowest BCUT2D eigenvalue weighted by Crippen LogP contribution is -2.56. The lowest BCUT2D eigenvalue weighted by atomic mass is 9.65. The van der Waals surface area contributed by atoms with Gasteiger partial charge < -0.3 is 10.4 Å². The van der Waals surface area contributed by atoms with Crippen molar-refractivity contribution < 1.29 is 5.11 Å². The van der Waals surface area contributed by atoms with E-state index in [1.165, 1.54) is 36.8 Å². The van der Waals surface area contributed by atoms with Crippen molar-refractivity contribution in [2.75, 3.05) is 5.32 Å². The van der Waals surface area contributed by atoms with Gasteiger partial charge in [-0.3, -0.25) is 0 Å². The van der Waals surface area contributed by atoms with E-state index in [-0.39, 0.29) is 6.04 Å². The van der Waals surface area contributed by atoms with Crippen LogP contribution < -0.4 is 5.32 Å². The molecule has 0 radical (unpaired) electrons. The normalized spacial score (nSPS) is 29.7. The van der Waals surface area contributed by atoms with Crippen molar-refractivity contribution in [3.05, 3.63) is 54.6 Å². The van der Waals surface area contributed by atoms with Crippen molar-refractivity contribution in [3.63, 3.8) is 0 Å². The highest BCUT2D eigenvalue weighted by Gasteiger charge is 2.47. The summed E-state index contributed by atoms with van der Waals surface area (Å²) in [5, 5.41) is 15.0. The largest absolute Gasteiger partial charge is 0.387 e. The number of fused-ring (bicyclic) bond motifs is 1. The monoisotopic (exact) mass is 321 g/mol. The van der Waals surface area contributed by atoms with Gasteiger partial charge in [-0.2, -0.15) is 0 Å². The van der Waals surface area contributed by atoms with Crippen LogP contribution in [0.15, 0.2) is 54.6 Å². The SMILES string of the molecule is O[C@]12CCCC[C@@H]1CCCC2Nc1cccc(-c2ccccc2)c1. The fraction of sp³-hybridized carbons (Fsp3) is 0.455. The number of anilines is 1. The molecule has 0 spiro atoms. The predicted molar refractivity (Wildman–Crippen MR) is 100 cm³/mol. The summed E-state index contributed by atoms with van der Waals surface area (Å²) in [7, 11) is 0. The Hall–Kier alpha value is -1.80. The van der Waals surface area contributed by atoms with Gasteiger partial charge in [-0.05, 0) is 54.9 Å². The maximum Gasteiger partial charge on any atom is 0.0875 e. The standard InChI is InChI=1S/C22H27NO/c24-22-15-5-4-11-19(22)12-7-14-21(22)23-20-13-6-10-18(16-20)17-8-2-1-3-9-17/h1-3,6,8-10,13,16,19,21,23-24H,4-5,7,11-12,14-15H2/t19-,21?,22-/m1/s1. The quantitative estimate of drug-likeness (QED) is 0.810. The summed E-state index contributed by atoms with van der Waals surface area (Å²) >= 11 is 0. The molecule has 0 amide bonds. The molecule has 2 aliphatic rings. The fourth-order valence-corrected chi connectivity index (χ4v) is 4.74. The number of rotatable bonds is 3. The van der Waals surface area contributed by atoms with Crippen LogP contribution in [0.25, 0.3) is 11.1 Å².